The molecule has 1 saturated carbocycles. The summed E-state index contributed by atoms with van der Waals surface area (Å²) in [6.07, 6.45) is 6.28. The summed E-state index contributed by atoms with van der Waals surface area (Å²) in [7, 11) is 1.37. The number of hydrogen-bond donors (Lipinski definition) is 2. The summed E-state index contributed by atoms with van der Waals surface area (Å²) in [5.74, 6) is 0.728. The molecule has 0 radical (unpaired) electrons. The van der Waals surface area contributed by atoms with Gasteiger partial charge in [-0.15, -0.1) is 0 Å². The van der Waals surface area contributed by atoms with E-state index < -0.39 is 0 Å². The Hall–Kier alpha value is -1.78. The number of esters is 1. The second-order valence-electron chi connectivity index (χ2n) is 5.25. The number of aromatic nitrogens is 1. The van der Waals surface area contributed by atoms with Crippen LogP contribution in [0.3, 0.4) is 0 Å². The summed E-state index contributed by atoms with van der Waals surface area (Å²) in [6.45, 7) is 2.28. The molecule has 3 N–H and O–H groups in total. The molecule has 0 aliphatic heterocycles. The number of nitrogens with zero attached hydrogens (tertiary/aromatic N) is 1. The number of ether oxygens (including phenoxy) is 1. The Balaban J connectivity index is 2.13. The molecule has 1 aliphatic carbocycles. The number of nitrogens with two attached hydrogens (primary N) is 1. The van der Waals surface area contributed by atoms with Crippen molar-refractivity contribution in [2.75, 3.05) is 18.2 Å². The molecule has 1 aromatic rings. The number of nitrogens with one attached hydrogen (secondary N) is 1. The van der Waals surface area contributed by atoms with Gasteiger partial charge in [0, 0.05) is 6.04 Å². The minimum atomic E-state index is -0.388. The second-order valence-corrected chi connectivity index (χ2v) is 5.25. The van der Waals surface area contributed by atoms with Gasteiger partial charge in [0.15, 0.2) is 0 Å². The molecule has 0 unspecified atom stereocenters. The largest absolute Gasteiger partial charge is 0.465 e. The first-order chi connectivity index (χ1) is 9.10. The number of pyridine rings is 1. The van der Waals surface area contributed by atoms with Gasteiger partial charge in [-0.1, -0.05) is 6.92 Å². The van der Waals surface area contributed by atoms with Crippen LogP contribution in [-0.2, 0) is 4.74 Å². The zero-order valence-corrected chi connectivity index (χ0v) is 11.5. The van der Waals surface area contributed by atoms with Gasteiger partial charge in [0.1, 0.15) is 5.82 Å². The fourth-order valence-corrected chi connectivity index (χ4v) is 2.49. The van der Waals surface area contributed by atoms with E-state index in [1.165, 1.54) is 20.0 Å². The van der Waals surface area contributed by atoms with E-state index in [1.54, 1.807) is 12.3 Å². The van der Waals surface area contributed by atoms with Gasteiger partial charge in [0.05, 0.1) is 24.6 Å². The Morgan fingerprint density at radius 2 is 2.11 bits per heavy atom. The molecule has 2 rings (SSSR count). The third-order valence-corrected chi connectivity index (χ3v) is 3.71. The van der Waals surface area contributed by atoms with Crippen molar-refractivity contribution in [3.05, 3.63) is 17.8 Å². The van der Waals surface area contributed by atoms with E-state index in [0.717, 1.165) is 18.8 Å². The molecule has 0 spiro atoms. The normalized spacial score (nSPS) is 22.8. The van der Waals surface area contributed by atoms with Crippen LogP contribution in [0.4, 0.5) is 11.5 Å². The molecule has 0 bridgehead atoms. The molecule has 1 heterocycles. The molecular formula is C14H21N3O2. The van der Waals surface area contributed by atoms with E-state index in [2.05, 4.69) is 17.2 Å². The first kappa shape index (κ1) is 13.6. The van der Waals surface area contributed by atoms with E-state index in [-0.39, 0.29) is 5.97 Å². The van der Waals surface area contributed by atoms with Crippen LogP contribution in [0.15, 0.2) is 12.3 Å². The maximum absolute atomic E-state index is 11.7. The van der Waals surface area contributed by atoms with E-state index in [4.69, 9.17) is 10.5 Å². The SMILES string of the molecule is COC(=O)c1cc(N)ncc1NC1CCC(C)CC1. The van der Waals surface area contributed by atoms with Crippen molar-refractivity contribution < 1.29 is 9.53 Å². The first-order valence-corrected chi connectivity index (χ1v) is 6.70. The molecule has 0 amide bonds. The summed E-state index contributed by atoms with van der Waals surface area (Å²) in [4.78, 5) is 15.8. The van der Waals surface area contributed by atoms with Crippen LogP contribution in [0.5, 0.6) is 0 Å². The fourth-order valence-electron chi connectivity index (χ4n) is 2.49. The van der Waals surface area contributed by atoms with E-state index in [0.29, 0.717) is 23.1 Å². The Bertz CT molecular complexity index is 454. The smallest absolute Gasteiger partial charge is 0.340 e. The molecule has 1 aliphatic rings. The number of anilines is 2. The Kier molecular flexibility index (Phi) is 4.24. The maximum atomic E-state index is 11.7. The van der Waals surface area contributed by atoms with Crippen LogP contribution in [0, 0.1) is 5.92 Å². The topological polar surface area (TPSA) is 77.2 Å². The van der Waals surface area contributed by atoms with Crippen LogP contribution < -0.4 is 11.1 Å². The van der Waals surface area contributed by atoms with Crippen molar-refractivity contribution in [3.63, 3.8) is 0 Å². The number of nitrogen functional groups attached to an aromatic ring is 1. The lowest BCUT2D eigenvalue weighted by atomic mass is 9.87. The molecule has 1 aromatic heterocycles. The van der Waals surface area contributed by atoms with E-state index >= 15 is 0 Å². The van der Waals surface area contributed by atoms with Gasteiger partial charge >= 0.3 is 5.97 Å². The second kappa shape index (κ2) is 5.91. The number of carbonyl (C=O) groups excluding carboxylic acids is 1. The third kappa shape index (κ3) is 3.36. The van der Waals surface area contributed by atoms with Crippen molar-refractivity contribution >= 4 is 17.5 Å². The summed E-state index contributed by atoms with van der Waals surface area (Å²) in [6, 6.07) is 1.95. The van der Waals surface area contributed by atoms with Crippen LogP contribution >= 0.6 is 0 Å². The number of rotatable bonds is 3. The zero-order chi connectivity index (χ0) is 13.8. The first-order valence-electron chi connectivity index (χ1n) is 6.70. The van der Waals surface area contributed by atoms with Gasteiger partial charge in [0.25, 0.3) is 0 Å². The van der Waals surface area contributed by atoms with Crippen molar-refractivity contribution in [1.29, 1.82) is 0 Å². The van der Waals surface area contributed by atoms with Crippen molar-refractivity contribution in [1.82, 2.24) is 4.98 Å². The summed E-state index contributed by atoms with van der Waals surface area (Å²) < 4.78 is 4.78. The monoisotopic (exact) mass is 263 g/mol. The average molecular weight is 263 g/mol. The number of carbonyl (C=O) groups is 1. The Labute approximate surface area is 113 Å². The molecule has 0 saturated heterocycles. The minimum absolute atomic E-state index is 0.322. The molecule has 5 nitrogen and oxygen atoms in total. The predicted octanol–water partition coefficient (Wildman–Crippen LogP) is 2.44. The summed E-state index contributed by atoms with van der Waals surface area (Å²) in [5, 5.41) is 3.39. The van der Waals surface area contributed by atoms with Crippen LogP contribution in [0.2, 0.25) is 0 Å². The molecule has 0 atom stereocenters. The summed E-state index contributed by atoms with van der Waals surface area (Å²) >= 11 is 0. The third-order valence-electron chi connectivity index (χ3n) is 3.71. The van der Waals surface area contributed by atoms with Gasteiger partial charge in [-0.05, 0) is 37.7 Å². The van der Waals surface area contributed by atoms with Gasteiger partial charge < -0.3 is 15.8 Å². The van der Waals surface area contributed by atoms with Crippen molar-refractivity contribution in [2.24, 2.45) is 5.92 Å². The lowest BCUT2D eigenvalue weighted by molar-refractivity contribution is 0.0601. The van der Waals surface area contributed by atoms with Crippen LogP contribution in [-0.4, -0.2) is 24.1 Å². The lowest BCUT2D eigenvalue weighted by Gasteiger charge is -2.28. The Morgan fingerprint density at radius 3 is 2.74 bits per heavy atom. The van der Waals surface area contributed by atoms with E-state index in [1.807, 2.05) is 0 Å². The highest BCUT2D eigenvalue weighted by molar-refractivity contribution is 5.96. The van der Waals surface area contributed by atoms with Crippen LogP contribution in [0.1, 0.15) is 43.0 Å². The van der Waals surface area contributed by atoms with Gasteiger partial charge in [-0.25, -0.2) is 9.78 Å². The number of methoxy groups -OCH3 is 1. The molecule has 5 heteroatoms. The minimum Gasteiger partial charge on any atom is -0.465 e. The Morgan fingerprint density at radius 1 is 1.42 bits per heavy atom. The number of hydrogen-bond acceptors (Lipinski definition) is 5. The lowest BCUT2D eigenvalue weighted by Crippen LogP contribution is -2.26. The quantitative estimate of drug-likeness (QED) is 0.819. The molecule has 104 valence electrons. The van der Waals surface area contributed by atoms with Crippen molar-refractivity contribution in [2.45, 2.75) is 38.6 Å². The standard InChI is InChI=1S/C14H21N3O2/c1-9-3-5-10(6-4-9)17-12-8-16-13(15)7-11(12)14(18)19-2/h7-10,17H,3-6H2,1-2H3,(H2,15,16). The van der Waals surface area contributed by atoms with Gasteiger partial charge in [0.2, 0.25) is 0 Å². The highest BCUT2D eigenvalue weighted by Crippen LogP contribution is 2.27. The summed E-state index contributed by atoms with van der Waals surface area (Å²) in [5.41, 5.74) is 6.79. The van der Waals surface area contributed by atoms with E-state index in [9.17, 15) is 4.79 Å². The molecule has 1 fully saturated rings. The predicted molar refractivity (Wildman–Crippen MR) is 75.0 cm³/mol. The van der Waals surface area contributed by atoms with Gasteiger partial charge in [-0.3, -0.25) is 0 Å². The van der Waals surface area contributed by atoms with Crippen molar-refractivity contribution in [3.8, 4) is 0 Å². The maximum Gasteiger partial charge on any atom is 0.340 e. The average Bonchev–Trinajstić information content (AvgIpc) is 2.42. The zero-order valence-electron chi connectivity index (χ0n) is 11.5. The van der Waals surface area contributed by atoms with Gasteiger partial charge in [-0.2, -0.15) is 0 Å². The molecule has 0 aromatic carbocycles. The highest BCUT2D eigenvalue weighted by atomic mass is 16.5. The molecule has 19 heavy (non-hydrogen) atoms. The molecular weight excluding hydrogens is 242 g/mol. The highest BCUT2D eigenvalue weighted by Gasteiger charge is 2.20. The van der Waals surface area contributed by atoms with Crippen LogP contribution in [0.25, 0.3) is 0 Å². The fraction of sp³-hybridized carbons (Fsp3) is 0.571.